The Hall–Kier alpha value is -1.72. The monoisotopic (exact) mass is 230 g/mol. The van der Waals surface area contributed by atoms with E-state index in [0.29, 0.717) is 31.3 Å². The number of nitrogens with zero attached hydrogens (tertiary/aromatic N) is 3. The summed E-state index contributed by atoms with van der Waals surface area (Å²) >= 11 is 0. The highest BCUT2D eigenvalue weighted by Crippen LogP contribution is 2.18. The van der Waals surface area contributed by atoms with E-state index in [1.54, 1.807) is 0 Å². The normalized spacial score (nSPS) is 17.2. The summed E-state index contributed by atoms with van der Waals surface area (Å²) in [6.07, 6.45) is -0.201. The van der Waals surface area contributed by atoms with Crippen molar-refractivity contribution in [1.29, 1.82) is 0 Å². The maximum absolute atomic E-state index is 9.22. The van der Waals surface area contributed by atoms with Gasteiger partial charge >= 0.3 is 0 Å². The van der Waals surface area contributed by atoms with Gasteiger partial charge in [-0.3, -0.25) is 4.90 Å². The number of β-amino-alcohol motifs (C(OH)–C–C–N with tert-alkyl or cyclic N) is 1. The van der Waals surface area contributed by atoms with Crippen LogP contribution in [0.15, 0.2) is 24.3 Å². The van der Waals surface area contributed by atoms with Gasteiger partial charge in [-0.1, -0.05) is 12.1 Å². The van der Waals surface area contributed by atoms with Crippen LogP contribution < -0.4 is 5.73 Å². The largest absolute Gasteiger partial charge is 0.390 e. The van der Waals surface area contributed by atoms with Gasteiger partial charge < -0.3 is 10.8 Å². The molecule has 5 nitrogen and oxygen atoms in total. The summed E-state index contributed by atoms with van der Waals surface area (Å²) in [4.78, 5) is 10.9. The molecule has 88 valence electrons. The fourth-order valence-corrected chi connectivity index (χ4v) is 2.09. The van der Waals surface area contributed by atoms with E-state index in [9.17, 15) is 5.11 Å². The highest BCUT2D eigenvalue weighted by atomic mass is 16.3. The molecule has 0 aliphatic carbocycles. The standard InChI is InChI=1S/C12H14N4O/c13-12-9-3-1-2-4-10(9)14-11(15-12)7-16-5-8(17)6-16/h1-4,8,17H,5-7H2,(H2,13,14,15). The molecule has 1 fully saturated rings. The minimum atomic E-state index is -0.201. The Labute approximate surface area is 98.9 Å². The van der Waals surface area contributed by atoms with Gasteiger partial charge in [0.2, 0.25) is 0 Å². The Morgan fingerprint density at radius 2 is 2.06 bits per heavy atom. The molecule has 1 aromatic carbocycles. The lowest BCUT2D eigenvalue weighted by Crippen LogP contribution is -2.50. The number of aliphatic hydroxyl groups excluding tert-OH is 1. The Bertz CT molecular complexity index is 551. The molecule has 1 saturated heterocycles. The number of likely N-dealkylation sites (tertiary alicyclic amines) is 1. The molecule has 1 aliphatic heterocycles. The summed E-state index contributed by atoms with van der Waals surface area (Å²) < 4.78 is 0. The molecular formula is C12H14N4O. The smallest absolute Gasteiger partial charge is 0.145 e. The Morgan fingerprint density at radius 3 is 2.82 bits per heavy atom. The van der Waals surface area contributed by atoms with Crippen LogP contribution in [0.4, 0.5) is 5.82 Å². The van der Waals surface area contributed by atoms with E-state index in [1.165, 1.54) is 0 Å². The van der Waals surface area contributed by atoms with Crippen molar-refractivity contribution >= 4 is 16.7 Å². The molecule has 1 aliphatic rings. The van der Waals surface area contributed by atoms with Gasteiger partial charge in [0.25, 0.3) is 0 Å². The molecule has 3 N–H and O–H groups in total. The van der Waals surface area contributed by atoms with Crippen molar-refractivity contribution in [3.05, 3.63) is 30.1 Å². The second-order valence-electron chi connectivity index (χ2n) is 4.39. The Balaban J connectivity index is 1.90. The minimum absolute atomic E-state index is 0.201. The number of aromatic nitrogens is 2. The molecule has 1 aromatic heterocycles. The highest BCUT2D eigenvalue weighted by Gasteiger charge is 2.25. The zero-order valence-corrected chi connectivity index (χ0v) is 9.37. The second kappa shape index (κ2) is 3.94. The number of para-hydroxylation sites is 1. The van der Waals surface area contributed by atoms with Crippen molar-refractivity contribution in [3.63, 3.8) is 0 Å². The van der Waals surface area contributed by atoms with E-state index in [4.69, 9.17) is 5.73 Å². The first-order chi connectivity index (χ1) is 8.22. The topological polar surface area (TPSA) is 75.3 Å². The number of nitrogen functional groups attached to an aromatic ring is 1. The summed E-state index contributed by atoms with van der Waals surface area (Å²) in [5, 5.41) is 10.1. The molecule has 0 unspecified atom stereocenters. The third-order valence-corrected chi connectivity index (χ3v) is 2.98. The molecule has 0 radical (unpaired) electrons. The summed E-state index contributed by atoms with van der Waals surface area (Å²) in [5.41, 5.74) is 6.77. The molecular weight excluding hydrogens is 216 g/mol. The van der Waals surface area contributed by atoms with Crippen LogP contribution in [-0.4, -0.2) is 39.2 Å². The number of hydrogen-bond donors (Lipinski definition) is 2. The lowest BCUT2D eigenvalue weighted by Gasteiger charge is -2.35. The number of benzene rings is 1. The number of rotatable bonds is 2. The molecule has 0 atom stereocenters. The van der Waals surface area contributed by atoms with E-state index < -0.39 is 0 Å². The van der Waals surface area contributed by atoms with Crippen LogP contribution in [0.2, 0.25) is 0 Å². The van der Waals surface area contributed by atoms with Crippen molar-refractivity contribution in [2.75, 3.05) is 18.8 Å². The van der Waals surface area contributed by atoms with Crippen LogP contribution >= 0.6 is 0 Å². The quantitative estimate of drug-likeness (QED) is 0.780. The van der Waals surface area contributed by atoms with Crippen LogP contribution in [0, 0.1) is 0 Å². The molecule has 0 spiro atoms. The molecule has 0 amide bonds. The van der Waals surface area contributed by atoms with E-state index in [2.05, 4.69) is 14.9 Å². The molecule has 0 bridgehead atoms. The van der Waals surface area contributed by atoms with Gasteiger partial charge in [0, 0.05) is 18.5 Å². The minimum Gasteiger partial charge on any atom is -0.390 e. The van der Waals surface area contributed by atoms with Crippen molar-refractivity contribution in [2.45, 2.75) is 12.6 Å². The summed E-state index contributed by atoms with van der Waals surface area (Å²) in [6.45, 7) is 2.03. The van der Waals surface area contributed by atoms with Crippen molar-refractivity contribution in [3.8, 4) is 0 Å². The number of aliphatic hydroxyl groups is 1. The van der Waals surface area contributed by atoms with Gasteiger partial charge in [0.05, 0.1) is 18.2 Å². The second-order valence-corrected chi connectivity index (χ2v) is 4.39. The average Bonchev–Trinajstić information content (AvgIpc) is 2.27. The number of hydrogen-bond acceptors (Lipinski definition) is 5. The van der Waals surface area contributed by atoms with Crippen LogP contribution in [0.3, 0.4) is 0 Å². The third kappa shape index (κ3) is 1.94. The van der Waals surface area contributed by atoms with Gasteiger partial charge in [0.1, 0.15) is 11.6 Å². The highest BCUT2D eigenvalue weighted by molar-refractivity contribution is 5.87. The maximum Gasteiger partial charge on any atom is 0.145 e. The first-order valence-corrected chi connectivity index (χ1v) is 5.64. The average molecular weight is 230 g/mol. The maximum atomic E-state index is 9.22. The van der Waals surface area contributed by atoms with Crippen molar-refractivity contribution in [1.82, 2.24) is 14.9 Å². The molecule has 2 heterocycles. The van der Waals surface area contributed by atoms with Gasteiger partial charge in [-0.15, -0.1) is 0 Å². The van der Waals surface area contributed by atoms with Crippen LogP contribution in [0.1, 0.15) is 5.82 Å². The van der Waals surface area contributed by atoms with Gasteiger partial charge in [-0.2, -0.15) is 0 Å². The number of fused-ring (bicyclic) bond motifs is 1. The number of nitrogens with two attached hydrogens (primary N) is 1. The van der Waals surface area contributed by atoms with Crippen molar-refractivity contribution in [2.24, 2.45) is 0 Å². The molecule has 2 aromatic rings. The number of anilines is 1. The zero-order chi connectivity index (χ0) is 11.8. The Kier molecular flexibility index (Phi) is 2.42. The van der Waals surface area contributed by atoms with Gasteiger partial charge in [-0.25, -0.2) is 9.97 Å². The first kappa shape index (κ1) is 10.4. The zero-order valence-electron chi connectivity index (χ0n) is 9.37. The lowest BCUT2D eigenvalue weighted by molar-refractivity contribution is -0.00419. The third-order valence-electron chi connectivity index (χ3n) is 2.98. The van der Waals surface area contributed by atoms with E-state index in [-0.39, 0.29) is 6.10 Å². The Morgan fingerprint density at radius 1 is 1.29 bits per heavy atom. The van der Waals surface area contributed by atoms with Crippen molar-refractivity contribution < 1.29 is 5.11 Å². The van der Waals surface area contributed by atoms with Gasteiger partial charge in [0.15, 0.2) is 0 Å². The van der Waals surface area contributed by atoms with E-state index >= 15 is 0 Å². The molecule has 0 saturated carbocycles. The van der Waals surface area contributed by atoms with E-state index in [1.807, 2.05) is 24.3 Å². The van der Waals surface area contributed by atoms with Crippen LogP contribution in [0.25, 0.3) is 10.9 Å². The summed E-state index contributed by atoms with van der Waals surface area (Å²) in [7, 11) is 0. The SMILES string of the molecule is Nc1nc(CN2CC(O)C2)nc2ccccc12. The first-order valence-electron chi connectivity index (χ1n) is 5.64. The fraction of sp³-hybridized carbons (Fsp3) is 0.333. The predicted octanol–water partition coefficient (Wildman–Crippen LogP) is 0.388. The molecule has 17 heavy (non-hydrogen) atoms. The van der Waals surface area contributed by atoms with Crippen LogP contribution in [0.5, 0.6) is 0 Å². The molecule has 3 rings (SSSR count). The van der Waals surface area contributed by atoms with Crippen LogP contribution in [-0.2, 0) is 6.54 Å². The molecule has 5 heteroatoms. The van der Waals surface area contributed by atoms with E-state index in [0.717, 1.165) is 10.9 Å². The summed E-state index contributed by atoms with van der Waals surface area (Å²) in [6, 6.07) is 7.71. The van der Waals surface area contributed by atoms with Gasteiger partial charge in [-0.05, 0) is 12.1 Å². The lowest BCUT2D eigenvalue weighted by atomic mass is 10.1. The summed E-state index contributed by atoms with van der Waals surface area (Å²) in [5.74, 6) is 1.24. The predicted molar refractivity (Wildman–Crippen MR) is 65.2 cm³/mol. The fourth-order valence-electron chi connectivity index (χ4n) is 2.09.